The molecule has 1 aromatic rings. The van der Waals surface area contributed by atoms with Crippen LogP contribution in [-0.4, -0.2) is 24.4 Å². The zero-order chi connectivity index (χ0) is 16.1. The van der Waals surface area contributed by atoms with Crippen molar-refractivity contribution in [2.24, 2.45) is 5.92 Å². The molecular weight excluding hydrogens is 290 g/mol. The molecule has 2 atom stereocenters. The fourth-order valence-corrected chi connectivity index (χ4v) is 2.72. The van der Waals surface area contributed by atoms with Gasteiger partial charge in [0.15, 0.2) is 0 Å². The minimum absolute atomic E-state index is 0.126. The number of carbonyl (C=O) groups is 2. The molecule has 1 aliphatic carbocycles. The Labute approximate surface area is 128 Å². The third-order valence-electron chi connectivity index (χ3n) is 4.04. The van der Waals surface area contributed by atoms with Gasteiger partial charge in [0.2, 0.25) is 5.91 Å². The van der Waals surface area contributed by atoms with Crippen LogP contribution in [0.1, 0.15) is 43.0 Å². The number of hydrogen-bond acceptors (Lipinski definition) is 2. The fourth-order valence-electron chi connectivity index (χ4n) is 2.72. The molecule has 0 radical (unpaired) electrons. The van der Waals surface area contributed by atoms with E-state index in [1.807, 2.05) is 0 Å². The maximum absolute atomic E-state index is 13.4. The van der Waals surface area contributed by atoms with Crippen LogP contribution in [0.25, 0.3) is 0 Å². The van der Waals surface area contributed by atoms with Crippen LogP contribution < -0.4 is 10.6 Å². The molecule has 0 aromatic heterocycles. The van der Waals surface area contributed by atoms with Crippen LogP contribution >= 0.6 is 0 Å². The molecule has 6 heteroatoms. The molecule has 1 saturated carbocycles. The molecule has 2 rings (SSSR count). The van der Waals surface area contributed by atoms with E-state index in [0.717, 1.165) is 31.4 Å². The summed E-state index contributed by atoms with van der Waals surface area (Å²) < 4.78 is 26.2. The highest BCUT2D eigenvalue weighted by atomic mass is 19.1. The van der Waals surface area contributed by atoms with E-state index in [2.05, 4.69) is 17.6 Å². The van der Waals surface area contributed by atoms with Crippen molar-refractivity contribution in [3.05, 3.63) is 35.4 Å². The summed E-state index contributed by atoms with van der Waals surface area (Å²) in [5.74, 6) is -2.31. The van der Waals surface area contributed by atoms with Crippen LogP contribution in [0, 0.1) is 17.6 Å². The second-order valence-corrected chi connectivity index (χ2v) is 5.74. The molecule has 2 amide bonds. The van der Waals surface area contributed by atoms with Crippen LogP contribution in [0.5, 0.6) is 0 Å². The Bertz CT molecular complexity index is 563. The third kappa shape index (κ3) is 4.26. The SMILES string of the molecule is C[C@@H]1CCCC[C@H]1NC(=O)CNC(=O)c1ccc(F)cc1F. The van der Waals surface area contributed by atoms with Gasteiger partial charge in [0.25, 0.3) is 5.91 Å². The first kappa shape index (κ1) is 16.4. The fraction of sp³-hybridized carbons (Fsp3) is 0.500. The second kappa shape index (κ2) is 7.33. The van der Waals surface area contributed by atoms with Crippen LogP contribution in [0.15, 0.2) is 18.2 Å². The molecule has 4 nitrogen and oxygen atoms in total. The monoisotopic (exact) mass is 310 g/mol. The summed E-state index contributed by atoms with van der Waals surface area (Å²) in [6.07, 6.45) is 4.28. The van der Waals surface area contributed by atoms with E-state index >= 15 is 0 Å². The molecule has 120 valence electrons. The van der Waals surface area contributed by atoms with E-state index in [-0.39, 0.29) is 24.1 Å². The van der Waals surface area contributed by atoms with Crippen LogP contribution in [0.3, 0.4) is 0 Å². The van der Waals surface area contributed by atoms with Gasteiger partial charge in [0.05, 0.1) is 12.1 Å². The molecule has 0 spiro atoms. The summed E-state index contributed by atoms with van der Waals surface area (Å²) in [7, 11) is 0. The lowest BCUT2D eigenvalue weighted by atomic mass is 9.86. The Hall–Kier alpha value is -1.98. The van der Waals surface area contributed by atoms with Gasteiger partial charge in [-0.25, -0.2) is 8.78 Å². The standard InChI is InChI=1S/C16H20F2N2O2/c1-10-4-2-3-5-14(10)20-15(21)9-19-16(22)12-7-6-11(17)8-13(12)18/h6-8,10,14H,2-5,9H2,1H3,(H,19,22)(H,20,21)/t10-,14-/m1/s1. The summed E-state index contributed by atoms with van der Waals surface area (Å²) in [4.78, 5) is 23.6. The average molecular weight is 310 g/mol. The van der Waals surface area contributed by atoms with Crippen LogP contribution in [0.2, 0.25) is 0 Å². The Morgan fingerprint density at radius 2 is 1.95 bits per heavy atom. The van der Waals surface area contributed by atoms with E-state index < -0.39 is 17.5 Å². The van der Waals surface area contributed by atoms with Crippen molar-refractivity contribution in [3.63, 3.8) is 0 Å². The highest BCUT2D eigenvalue weighted by molar-refractivity contribution is 5.96. The van der Waals surface area contributed by atoms with Gasteiger partial charge >= 0.3 is 0 Å². The lowest BCUT2D eigenvalue weighted by molar-refractivity contribution is -0.121. The maximum Gasteiger partial charge on any atom is 0.254 e. The van der Waals surface area contributed by atoms with E-state index in [9.17, 15) is 18.4 Å². The maximum atomic E-state index is 13.4. The van der Waals surface area contributed by atoms with Gasteiger partial charge < -0.3 is 10.6 Å². The van der Waals surface area contributed by atoms with Crippen molar-refractivity contribution in [2.75, 3.05) is 6.54 Å². The summed E-state index contributed by atoms with van der Waals surface area (Å²) >= 11 is 0. The normalized spacial score (nSPS) is 21.2. The summed E-state index contributed by atoms with van der Waals surface area (Å²) in [6.45, 7) is 1.87. The number of benzene rings is 1. The van der Waals surface area contributed by atoms with Crippen molar-refractivity contribution < 1.29 is 18.4 Å². The molecule has 0 bridgehead atoms. The first-order valence-corrected chi connectivity index (χ1v) is 7.50. The second-order valence-electron chi connectivity index (χ2n) is 5.74. The van der Waals surface area contributed by atoms with Crippen molar-refractivity contribution in [2.45, 2.75) is 38.6 Å². The van der Waals surface area contributed by atoms with Crippen molar-refractivity contribution >= 4 is 11.8 Å². The molecule has 1 aromatic carbocycles. The van der Waals surface area contributed by atoms with Gasteiger partial charge in [-0.2, -0.15) is 0 Å². The number of nitrogens with one attached hydrogen (secondary N) is 2. The van der Waals surface area contributed by atoms with E-state index in [1.165, 1.54) is 6.42 Å². The number of amides is 2. The Morgan fingerprint density at radius 3 is 2.64 bits per heavy atom. The van der Waals surface area contributed by atoms with Crippen molar-refractivity contribution in [1.29, 1.82) is 0 Å². The quantitative estimate of drug-likeness (QED) is 0.897. The first-order valence-electron chi connectivity index (χ1n) is 7.50. The van der Waals surface area contributed by atoms with Crippen LogP contribution in [-0.2, 0) is 4.79 Å². The van der Waals surface area contributed by atoms with E-state index in [1.54, 1.807) is 0 Å². The topological polar surface area (TPSA) is 58.2 Å². The molecule has 2 N–H and O–H groups in total. The Kier molecular flexibility index (Phi) is 5.46. The summed E-state index contributed by atoms with van der Waals surface area (Å²) in [5, 5.41) is 5.24. The van der Waals surface area contributed by atoms with Gasteiger partial charge in [-0.3, -0.25) is 9.59 Å². The highest BCUT2D eigenvalue weighted by Gasteiger charge is 2.23. The molecule has 1 fully saturated rings. The molecule has 0 aliphatic heterocycles. The predicted octanol–water partition coefficient (Wildman–Crippen LogP) is 2.39. The van der Waals surface area contributed by atoms with Crippen molar-refractivity contribution in [3.8, 4) is 0 Å². The first-order chi connectivity index (χ1) is 10.5. The molecule has 0 unspecified atom stereocenters. The van der Waals surface area contributed by atoms with Crippen molar-refractivity contribution in [1.82, 2.24) is 10.6 Å². The van der Waals surface area contributed by atoms with Crippen LogP contribution in [0.4, 0.5) is 8.78 Å². The number of halogens is 2. The Morgan fingerprint density at radius 1 is 1.23 bits per heavy atom. The predicted molar refractivity (Wildman–Crippen MR) is 78.3 cm³/mol. The van der Waals surface area contributed by atoms with E-state index in [0.29, 0.717) is 12.0 Å². The van der Waals surface area contributed by atoms with Gasteiger partial charge in [-0.15, -0.1) is 0 Å². The molecular formula is C16H20F2N2O2. The summed E-state index contributed by atoms with van der Waals surface area (Å²) in [5.41, 5.74) is -0.278. The number of rotatable bonds is 4. The van der Waals surface area contributed by atoms with Gasteiger partial charge in [-0.1, -0.05) is 19.8 Å². The van der Waals surface area contributed by atoms with Gasteiger partial charge in [-0.05, 0) is 30.9 Å². The lowest BCUT2D eigenvalue weighted by Crippen LogP contribution is -2.45. The zero-order valence-corrected chi connectivity index (χ0v) is 12.5. The number of carbonyl (C=O) groups excluding carboxylic acids is 2. The molecule has 22 heavy (non-hydrogen) atoms. The summed E-state index contributed by atoms with van der Waals surface area (Å²) in [6, 6.07) is 2.82. The molecule has 0 saturated heterocycles. The van der Waals surface area contributed by atoms with Gasteiger partial charge in [0.1, 0.15) is 11.6 Å². The molecule has 1 aliphatic rings. The average Bonchev–Trinajstić information content (AvgIpc) is 2.47. The lowest BCUT2D eigenvalue weighted by Gasteiger charge is -2.29. The number of hydrogen-bond donors (Lipinski definition) is 2. The minimum atomic E-state index is -0.946. The van der Waals surface area contributed by atoms with Gasteiger partial charge in [0, 0.05) is 12.1 Å². The zero-order valence-electron chi connectivity index (χ0n) is 12.5. The smallest absolute Gasteiger partial charge is 0.254 e. The molecule has 0 heterocycles. The largest absolute Gasteiger partial charge is 0.352 e. The minimum Gasteiger partial charge on any atom is -0.352 e. The highest BCUT2D eigenvalue weighted by Crippen LogP contribution is 2.23. The van der Waals surface area contributed by atoms with E-state index in [4.69, 9.17) is 0 Å². The third-order valence-corrected chi connectivity index (χ3v) is 4.04. The Balaban J connectivity index is 1.84.